The molecule has 2 heterocycles. The van der Waals surface area contributed by atoms with Crippen LogP contribution in [0, 0.1) is 6.92 Å². The van der Waals surface area contributed by atoms with Crippen LogP contribution in [-0.4, -0.2) is 21.2 Å². The summed E-state index contributed by atoms with van der Waals surface area (Å²) < 4.78 is 0. The molecule has 0 fully saturated rings. The van der Waals surface area contributed by atoms with E-state index in [1.165, 1.54) is 0 Å². The van der Waals surface area contributed by atoms with Crippen molar-refractivity contribution >= 4 is 34.5 Å². The van der Waals surface area contributed by atoms with Crippen molar-refractivity contribution in [1.29, 1.82) is 0 Å². The molecule has 82 valence electrons. The smallest absolute Gasteiger partial charge is 0.178 e. The van der Waals surface area contributed by atoms with E-state index < -0.39 is 0 Å². The molecule has 2 aromatic heterocycles. The van der Waals surface area contributed by atoms with Gasteiger partial charge in [0.25, 0.3) is 0 Å². The maximum atomic E-state index is 5.92. The predicted octanol–water partition coefficient (Wildman–Crippen LogP) is 3.67. The molecule has 0 aromatic carbocycles. The SMILES string of the molecule is CC.CSc1nc2nc(C)c(Cl)cc2[nH]1. The van der Waals surface area contributed by atoms with Crippen LogP contribution in [0.4, 0.5) is 0 Å². The van der Waals surface area contributed by atoms with Crippen LogP contribution in [-0.2, 0) is 0 Å². The van der Waals surface area contributed by atoms with Crippen molar-refractivity contribution in [2.45, 2.75) is 25.9 Å². The molecule has 2 aromatic rings. The Labute approximate surface area is 98.7 Å². The maximum absolute atomic E-state index is 5.92. The van der Waals surface area contributed by atoms with Gasteiger partial charge in [0.1, 0.15) is 0 Å². The van der Waals surface area contributed by atoms with Gasteiger partial charge in [-0.25, -0.2) is 9.97 Å². The van der Waals surface area contributed by atoms with E-state index in [0.29, 0.717) is 5.02 Å². The number of nitrogens with one attached hydrogen (secondary N) is 1. The Morgan fingerprint density at radius 2 is 2.00 bits per heavy atom. The molecular formula is C10H14ClN3S. The van der Waals surface area contributed by atoms with Gasteiger partial charge in [0.05, 0.1) is 16.2 Å². The summed E-state index contributed by atoms with van der Waals surface area (Å²) in [4.78, 5) is 11.6. The summed E-state index contributed by atoms with van der Waals surface area (Å²) in [6, 6.07) is 1.85. The van der Waals surface area contributed by atoms with E-state index in [1.807, 2.05) is 33.1 Å². The first kappa shape index (κ1) is 12.3. The lowest BCUT2D eigenvalue weighted by molar-refractivity contribution is 1.07. The van der Waals surface area contributed by atoms with E-state index in [1.54, 1.807) is 11.8 Å². The first-order chi connectivity index (χ1) is 7.20. The lowest BCUT2D eigenvalue weighted by Gasteiger charge is -1.94. The van der Waals surface area contributed by atoms with Crippen molar-refractivity contribution < 1.29 is 0 Å². The molecule has 3 nitrogen and oxygen atoms in total. The zero-order valence-corrected chi connectivity index (χ0v) is 10.8. The van der Waals surface area contributed by atoms with Crippen LogP contribution in [0.25, 0.3) is 11.2 Å². The number of hydrogen-bond donors (Lipinski definition) is 1. The van der Waals surface area contributed by atoms with Crippen LogP contribution in [0.1, 0.15) is 19.5 Å². The lowest BCUT2D eigenvalue weighted by Crippen LogP contribution is -1.83. The minimum Gasteiger partial charge on any atom is -0.332 e. The van der Waals surface area contributed by atoms with Crippen molar-refractivity contribution in [1.82, 2.24) is 15.0 Å². The molecule has 0 aliphatic heterocycles. The minimum atomic E-state index is 0.670. The third-order valence-corrected chi connectivity index (χ3v) is 2.74. The molecule has 0 saturated heterocycles. The maximum Gasteiger partial charge on any atom is 0.178 e. The van der Waals surface area contributed by atoms with Gasteiger partial charge >= 0.3 is 0 Å². The Bertz CT molecular complexity index is 414. The highest BCUT2D eigenvalue weighted by Gasteiger charge is 2.05. The normalized spacial score (nSPS) is 9.93. The highest BCUT2D eigenvalue weighted by atomic mass is 35.5. The van der Waals surface area contributed by atoms with Crippen molar-refractivity contribution in [3.63, 3.8) is 0 Å². The number of imidazole rings is 1. The second kappa shape index (κ2) is 5.37. The first-order valence-corrected chi connectivity index (χ1v) is 6.38. The molecule has 0 aliphatic rings. The minimum absolute atomic E-state index is 0.670. The number of rotatable bonds is 1. The standard InChI is InChI=1S/C8H8ClN3S.C2H6/c1-4-5(9)3-6-7(10-4)12-8(11-6)13-2;1-2/h3H,1-2H3,(H,10,11,12);1-2H3. The number of hydrogen-bond acceptors (Lipinski definition) is 3. The Hall–Kier alpha value is -0.740. The van der Waals surface area contributed by atoms with Crippen LogP contribution in [0.3, 0.4) is 0 Å². The summed E-state index contributed by atoms with van der Waals surface area (Å²) >= 11 is 7.48. The van der Waals surface area contributed by atoms with Crippen molar-refractivity contribution in [2.75, 3.05) is 6.26 Å². The molecule has 1 N–H and O–H groups in total. The van der Waals surface area contributed by atoms with Crippen LogP contribution in [0.15, 0.2) is 11.2 Å². The van der Waals surface area contributed by atoms with Gasteiger partial charge in [-0.2, -0.15) is 0 Å². The van der Waals surface area contributed by atoms with Gasteiger partial charge in [0.2, 0.25) is 0 Å². The number of H-pyrrole nitrogens is 1. The van der Waals surface area contributed by atoms with Crippen LogP contribution in [0.5, 0.6) is 0 Å². The van der Waals surface area contributed by atoms with E-state index in [-0.39, 0.29) is 0 Å². The lowest BCUT2D eigenvalue weighted by atomic mass is 10.3. The summed E-state index contributed by atoms with van der Waals surface area (Å²) in [7, 11) is 0. The Morgan fingerprint density at radius 3 is 2.60 bits per heavy atom. The van der Waals surface area contributed by atoms with E-state index in [4.69, 9.17) is 11.6 Å². The Balaban J connectivity index is 0.000000531. The molecule has 5 heteroatoms. The molecule has 0 bridgehead atoms. The number of halogens is 1. The molecule has 0 spiro atoms. The van der Waals surface area contributed by atoms with Crippen molar-refractivity contribution in [3.05, 3.63) is 16.8 Å². The first-order valence-electron chi connectivity index (χ1n) is 4.77. The number of nitrogens with zero attached hydrogens (tertiary/aromatic N) is 2. The highest BCUT2D eigenvalue weighted by Crippen LogP contribution is 2.21. The Kier molecular flexibility index (Phi) is 4.42. The number of fused-ring (bicyclic) bond motifs is 1. The van der Waals surface area contributed by atoms with Gasteiger partial charge in [0, 0.05) is 0 Å². The summed E-state index contributed by atoms with van der Waals surface area (Å²) in [5.41, 5.74) is 2.43. The molecule has 0 amide bonds. The molecule has 15 heavy (non-hydrogen) atoms. The molecule has 0 saturated carbocycles. The molecule has 0 aliphatic carbocycles. The average Bonchev–Trinajstić information content (AvgIpc) is 2.64. The summed E-state index contributed by atoms with van der Waals surface area (Å²) in [5, 5.41) is 1.54. The number of aromatic nitrogens is 3. The third-order valence-electron chi connectivity index (χ3n) is 1.77. The molecule has 0 radical (unpaired) electrons. The van der Waals surface area contributed by atoms with Gasteiger partial charge in [-0.05, 0) is 19.2 Å². The second-order valence-electron chi connectivity index (χ2n) is 2.67. The van der Waals surface area contributed by atoms with Crippen LogP contribution < -0.4 is 0 Å². The topological polar surface area (TPSA) is 41.6 Å². The zero-order valence-electron chi connectivity index (χ0n) is 9.26. The number of aromatic amines is 1. The van der Waals surface area contributed by atoms with Gasteiger partial charge < -0.3 is 4.98 Å². The monoisotopic (exact) mass is 243 g/mol. The largest absolute Gasteiger partial charge is 0.332 e. The second-order valence-corrected chi connectivity index (χ2v) is 3.87. The summed E-state index contributed by atoms with van der Waals surface area (Å²) in [5.74, 6) is 0. The summed E-state index contributed by atoms with van der Waals surface area (Å²) in [6.45, 7) is 5.87. The van der Waals surface area contributed by atoms with Gasteiger partial charge in [-0.1, -0.05) is 37.2 Å². The average molecular weight is 244 g/mol. The van der Waals surface area contributed by atoms with Gasteiger partial charge in [-0.3, -0.25) is 0 Å². The predicted molar refractivity (Wildman–Crippen MR) is 66.8 cm³/mol. The number of thioether (sulfide) groups is 1. The van der Waals surface area contributed by atoms with Crippen LogP contribution >= 0.6 is 23.4 Å². The zero-order chi connectivity index (χ0) is 11.4. The fraction of sp³-hybridized carbons (Fsp3) is 0.400. The van der Waals surface area contributed by atoms with Crippen molar-refractivity contribution in [2.24, 2.45) is 0 Å². The fourth-order valence-electron chi connectivity index (χ4n) is 1.08. The third kappa shape index (κ3) is 2.63. The number of aryl methyl sites for hydroxylation is 1. The molecular weight excluding hydrogens is 230 g/mol. The van der Waals surface area contributed by atoms with Gasteiger partial charge in [-0.15, -0.1) is 0 Å². The highest BCUT2D eigenvalue weighted by molar-refractivity contribution is 7.98. The van der Waals surface area contributed by atoms with Crippen molar-refractivity contribution in [3.8, 4) is 0 Å². The van der Waals surface area contributed by atoms with Gasteiger partial charge in [0.15, 0.2) is 10.8 Å². The van der Waals surface area contributed by atoms with E-state index in [9.17, 15) is 0 Å². The van der Waals surface area contributed by atoms with E-state index in [0.717, 1.165) is 22.0 Å². The van der Waals surface area contributed by atoms with Crippen LogP contribution in [0.2, 0.25) is 5.02 Å². The van der Waals surface area contributed by atoms with E-state index in [2.05, 4.69) is 15.0 Å². The number of pyridine rings is 1. The fourth-order valence-corrected chi connectivity index (χ4v) is 1.62. The molecule has 0 atom stereocenters. The quantitative estimate of drug-likeness (QED) is 0.777. The van der Waals surface area contributed by atoms with E-state index >= 15 is 0 Å². The summed E-state index contributed by atoms with van der Waals surface area (Å²) in [6.07, 6.45) is 1.96. The molecule has 0 unspecified atom stereocenters. The Morgan fingerprint density at radius 1 is 1.33 bits per heavy atom. The molecule has 2 rings (SSSR count).